The number of carbonyl (C=O) groups excluding carboxylic acids is 1. The first-order valence-electron chi connectivity index (χ1n) is 10.2. The first-order valence-corrected chi connectivity index (χ1v) is 11.9. The molecule has 35 heavy (non-hydrogen) atoms. The number of amidine groups is 1. The Kier molecular flexibility index (Phi) is 5.43. The number of alkyl halides is 3. The molecule has 3 aromatic rings. The molecule has 3 unspecified atom stereocenters. The van der Waals surface area contributed by atoms with Crippen molar-refractivity contribution in [1.82, 2.24) is 14.5 Å². The second kappa shape index (κ2) is 8.01. The van der Waals surface area contributed by atoms with Crippen molar-refractivity contribution in [3.63, 3.8) is 0 Å². The van der Waals surface area contributed by atoms with Crippen LogP contribution in [0.4, 0.5) is 22.0 Å². The van der Waals surface area contributed by atoms with Gasteiger partial charge in [0.25, 0.3) is 5.56 Å². The standard InChI is InChI=1S/C21H15F5N4O3S2/c1-29-17(32)11-7(6-34-18(11)30(2)20(29)33)5-10(31)27-19-28-15-12(16(15)35-19)8-3-4-9(22)13(14(8)23)21(24,25)26/h3-4,6,12,15-16H,5H2,1-2H3,(H,27,28,31). The number of aromatic nitrogens is 2. The van der Waals surface area contributed by atoms with Gasteiger partial charge in [-0.15, -0.1) is 11.3 Å². The zero-order chi connectivity index (χ0) is 25.4. The van der Waals surface area contributed by atoms with E-state index in [0.29, 0.717) is 16.5 Å². The van der Waals surface area contributed by atoms with Crippen LogP contribution >= 0.6 is 23.1 Å². The van der Waals surface area contributed by atoms with Crippen LogP contribution < -0.4 is 16.6 Å². The molecule has 3 atom stereocenters. The van der Waals surface area contributed by atoms with Crippen molar-refractivity contribution in [2.75, 3.05) is 0 Å². The van der Waals surface area contributed by atoms with Crippen LogP contribution in [0.5, 0.6) is 0 Å². The maximum absolute atomic E-state index is 14.5. The molecule has 3 heterocycles. The van der Waals surface area contributed by atoms with Crippen molar-refractivity contribution in [2.45, 2.75) is 29.8 Å². The van der Waals surface area contributed by atoms with Gasteiger partial charge >= 0.3 is 11.9 Å². The van der Waals surface area contributed by atoms with E-state index >= 15 is 0 Å². The largest absolute Gasteiger partial charge is 0.422 e. The Hall–Kier alpha value is -3.00. The number of amides is 1. The number of benzene rings is 1. The summed E-state index contributed by atoms with van der Waals surface area (Å²) in [6.07, 6.45) is -5.32. The fourth-order valence-corrected chi connectivity index (χ4v) is 6.63. The lowest BCUT2D eigenvalue weighted by Gasteiger charge is -2.13. The minimum absolute atomic E-state index is 0.159. The van der Waals surface area contributed by atoms with Gasteiger partial charge in [-0.2, -0.15) is 13.2 Å². The van der Waals surface area contributed by atoms with Crippen LogP contribution in [0.1, 0.15) is 22.6 Å². The number of fused-ring (bicyclic) bond motifs is 2. The molecule has 1 saturated carbocycles. The Balaban J connectivity index is 1.31. The van der Waals surface area contributed by atoms with E-state index in [1.165, 1.54) is 18.7 Å². The zero-order valence-corrected chi connectivity index (χ0v) is 19.6. The van der Waals surface area contributed by atoms with Gasteiger partial charge in [0, 0.05) is 25.3 Å². The summed E-state index contributed by atoms with van der Waals surface area (Å²) in [5.74, 6) is -4.45. The first kappa shape index (κ1) is 23.7. The summed E-state index contributed by atoms with van der Waals surface area (Å²) in [4.78, 5) is 41.9. The molecule has 1 fully saturated rings. The molecule has 7 nitrogen and oxygen atoms in total. The number of halogens is 5. The lowest BCUT2D eigenvalue weighted by molar-refractivity contribution is -0.142. The van der Waals surface area contributed by atoms with E-state index in [-0.39, 0.29) is 27.8 Å². The minimum Gasteiger partial charge on any atom is -0.305 e. The van der Waals surface area contributed by atoms with Crippen LogP contribution in [0, 0.1) is 11.6 Å². The molecule has 1 amide bonds. The third-order valence-corrected chi connectivity index (χ3v) is 8.42. The molecule has 1 aliphatic carbocycles. The second-order valence-electron chi connectivity index (χ2n) is 8.23. The van der Waals surface area contributed by atoms with Crippen molar-refractivity contribution in [3.8, 4) is 0 Å². The van der Waals surface area contributed by atoms with E-state index in [9.17, 15) is 36.3 Å². The van der Waals surface area contributed by atoms with Crippen molar-refractivity contribution in [2.24, 2.45) is 19.1 Å². The summed E-state index contributed by atoms with van der Waals surface area (Å²) in [7, 11) is 2.87. The number of rotatable bonds is 3. The Morgan fingerprint density at radius 1 is 1.17 bits per heavy atom. The number of hydrogen-bond donors (Lipinski definition) is 1. The van der Waals surface area contributed by atoms with Crippen LogP contribution in [0.25, 0.3) is 10.2 Å². The maximum atomic E-state index is 14.5. The third-order valence-electron chi connectivity index (χ3n) is 6.04. The molecule has 1 aliphatic heterocycles. The molecule has 5 rings (SSSR count). The summed E-state index contributed by atoms with van der Waals surface area (Å²) in [5, 5.41) is 4.35. The van der Waals surface area contributed by atoms with Crippen LogP contribution in [0.2, 0.25) is 0 Å². The van der Waals surface area contributed by atoms with Gasteiger partial charge in [-0.05, 0) is 22.6 Å². The van der Waals surface area contributed by atoms with Gasteiger partial charge in [0.05, 0.1) is 17.8 Å². The monoisotopic (exact) mass is 530 g/mol. The Bertz CT molecular complexity index is 1560. The van der Waals surface area contributed by atoms with Gasteiger partial charge in [0.15, 0.2) is 5.17 Å². The fourth-order valence-electron chi connectivity index (χ4n) is 4.26. The highest BCUT2D eigenvalue weighted by Gasteiger charge is 2.58. The van der Waals surface area contributed by atoms with Crippen LogP contribution in [0.3, 0.4) is 0 Å². The van der Waals surface area contributed by atoms with E-state index in [2.05, 4.69) is 10.3 Å². The van der Waals surface area contributed by atoms with Gasteiger partial charge in [0.2, 0.25) is 5.91 Å². The Morgan fingerprint density at radius 2 is 1.89 bits per heavy atom. The topological polar surface area (TPSA) is 85.5 Å². The zero-order valence-electron chi connectivity index (χ0n) is 17.9. The highest BCUT2D eigenvalue weighted by atomic mass is 32.2. The van der Waals surface area contributed by atoms with E-state index < -0.39 is 52.5 Å². The molecule has 0 radical (unpaired) electrons. The van der Waals surface area contributed by atoms with E-state index in [4.69, 9.17) is 0 Å². The van der Waals surface area contributed by atoms with Gasteiger partial charge in [0.1, 0.15) is 22.0 Å². The van der Waals surface area contributed by atoms with Crippen molar-refractivity contribution >= 4 is 44.4 Å². The van der Waals surface area contributed by atoms with Crippen LogP contribution in [-0.2, 0) is 31.5 Å². The number of hydrogen-bond acceptors (Lipinski definition) is 6. The molecule has 0 bridgehead atoms. The maximum Gasteiger partial charge on any atom is 0.422 e. The average Bonchev–Trinajstić information content (AvgIpc) is 3.09. The SMILES string of the molecule is Cn1c(=O)c2c(CC(=O)NC3=NC4C(S3)C4c3ccc(F)c(C(F)(F)F)c3F)csc2n(C)c1=O. The van der Waals surface area contributed by atoms with Crippen LogP contribution in [-0.4, -0.2) is 31.5 Å². The van der Waals surface area contributed by atoms with Crippen molar-refractivity contribution in [1.29, 1.82) is 0 Å². The molecule has 0 spiro atoms. The average molecular weight is 531 g/mol. The van der Waals surface area contributed by atoms with E-state index in [0.717, 1.165) is 33.7 Å². The van der Waals surface area contributed by atoms with E-state index in [1.54, 1.807) is 5.38 Å². The lowest BCUT2D eigenvalue weighted by Crippen LogP contribution is -2.37. The summed E-state index contributed by atoms with van der Waals surface area (Å²) < 4.78 is 69.3. The molecule has 2 aromatic heterocycles. The molecule has 0 saturated heterocycles. The summed E-state index contributed by atoms with van der Waals surface area (Å²) >= 11 is 2.26. The molecular formula is C21H15F5N4O3S2. The predicted octanol–water partition coefficient (Wildman–Crippen LogP) is 2.89. The number of carbonyl (C=O) groups is 1. The summed E-state index contributed by atoms with van der Waals surface area (Å²) in [6, 6.07) is 1.05. The molecule has 14 heteroatoms. The number of aryl methyl sites for hydroxylation is 1. The summed E-state index contributed by atoms with van der Waals surface area (Å²) in [6.45, 7) is 0. The number of nitrogens with zero attached hydrogens (tertiary/aromatic N) is 3. The van der Waals surface area contributed by atoms with Crippen LogP contribution in [0.15, 0.2) is 32.1 Å². The lowest BCUT2D eigenvalue weighted by atomic mass is 10.0. The highest BCUT2D eigenvalue weighted by Crippen LogP contribution is 2.57. The molecule has 1 aromatic carbocycles. The number of thioether (sulfide) groups is 1. The highest BCUT2D eigenvalue weighted by molar-refractivity contribution is 8.15. The van der Waals surface area contributed by atoms with Gasteiger partial charge in [-0.1, -0.05) is 17.8 Å². The Labute approximate surface area is 201 Å². The normalized spacial score (nSPS) is 21.2. The molecular weight excluding hydrogens is 515 g/mol. The van der Waals surface area contributed by atoms with Gasteiger partial charge < -0.3 is 5.32 Å². The smallest absolute Gasteiger partial charge is 0.305 e. The van der Waals surface area contributed by atoms with Crippen molar-refractivity contribution < 1.29 is 26.7 Å². The molecule has 1 N–H and O–H groups in total. The van der Waals surface area contributed by atoms with Crippen molar-refractivity contribution in [3.05, 3.63) is 66.7 Å². The van der Waals surface area contributed by atoms with Gasteiger partial charge in [-0.3, -0.25) is 23.7 Å². The molecule has 2 aliphatic rings. The third kappa shape index (κ3) is 3.78. The van der Waals surface area contributed by atoms with E-state index in [1.807, 2.05) is 0 Å². The van der Waals surface area contributed by atoms with Gasteiger partial charge in [-0.25, -0.2) is 13.6 Å². The fraction of sp³-hybridized carbons (Fsp3) is 0.333. The second-order valence-corrected chi connectivity index (χ2v) is 10.3. The summed E-state index contributed by atoms with van der Waals surface area (Å²) in [5.41, 5.74) is -2.73. The number of nitrogens with one attached hydrogen (secondary N) is 1. The first-order chi connectivity index (χ1) is 16.4. The Morgan fingerprint density at radius 3 is 2.51 bits per heavy atom. The number of thiophene rings is 1. The quantitative estimate of drug-likeness (QED) is 0.528. The molecule has 184 valence electrons. The number of aliphatic imine (C=N–C) groups is 1. The predicted molar refractivity (Wildman–Crippen MR) is 121 cm³/mol. The minimum atomic E-state index is -5.16.